The second-order valence-electron chi connectivity index (χ2n) is 4.86. The van der Waals surface area contributed by atoms with Crippen LogP contribution in [-0.4, -0.2) is 43.9 Å². The van der Waals surface area contributed by atoms with Gasteiger partial charge in [-0.25, -0.2) is 8.42 Å². The van der Waals surface area contributed by atoms with Crippen molar-refractivity contribution in [2.75, 3.05) is 20.2 Å². The smallest absolute Gasteiger partial charge is 0.312 e. The van der Waals surface area contributed by atoms with Crippen molar-refractivity contribution >= 4 is 15.7 Å². The Kier molecular flexibility index (Phi) is 4.45. The molecule has 8 nitrogen and oxygen atoms in total. The average molecular weight is 315 g/mol. The third-order valence-corrected chi connectivity index (χ3v) is 5.27. The van der Waals surface area contributed by atoms with Gasteiger partial charge >= 0.3 is 5.69 Å². The predicted octanol–water partition coefficient (Wildman–Crippen LogP) is 0.715. The number of ether oxygens (including phenoxy) is 1. The molecule has 0 bridgehead atoms. The minimum absolute atomic E-state index is 0.0225. The van der Waals surface area contributed by atoms with Crippen LogP contribution in [0, 0.1) is 10.1 Å². The van der Waals surface area contributed by atoms with Gasteiger partial charge in [-0.1, -0.05) is 0 Å². The van der Waals surface area contributed by atoms with E-state index in [1.54, 1.807) is 0 Å². The van der Waals surface area contributed by atoms with E-state index in [-0.39, 0.29) is 28.9 Å². The molecule has 1 aromatic carbocycles. The highest BCUT2D eigenvalue weighted by Crippen LogP contribution is 2.31. The lowest BCUT2D eigenvalue weighted by Crippen LogP contribution is -2.45. The summed E-state index contributed by atoms with van der Waals surface area (Å²) in [5.41, 5.74) is 5.41. The van der Waals surface area contributed by atoms with Crippen LogP contribution in [0.5, 0.6) is 5.75 Å². The van der Waals surface area contributed by atoms with Crippen molar-refractivity contribution in [3.63, 3.8) is 0 Å². The van der Waals surface area contributed by atoms with Crippen LogP contribution in [0.2, 0.25) is 0 Å². The number of hydrogen-bond acceptors (Lipinski definition) is 6. The topological polar surface area (TPSA) is 116 Å². The Labute approximate surface area is 122 Å². The molecule has 0 saturated carbocycles. The van der Waals surface area contributed by atoms with E-state index in [4.69, 9.17) is 10.5 Å². The standard InChI is InChI=1S/C12H17N3O5S/c1-20-12-5-4-10(7-11(12)15(16)17)21(18,19)14-6-2-3-9(13)8-14/h4-5,7,9H,2-3,6,8,13H2,1H3. The second kappa shape index (κ2) is 5.96. The van der Waals surface area contributed by atoms with Crippen molar-refractivity contribution in [1.82, 2.24) is 4.31 Å². The van der Waals surface area contributed by atoms with Crippen molar-refractivity contribution < 1.29 is 18.1 Å². The molecule has 2 N–H and O–H groups in total. The van der Waals surface area contributed by atoms with Crippen molar-refractivity contribution in [1.29, 1.82) is 0 Å². The predicted molar refractivity (Wildman–Crippen MR) is 75.6 cm³/mol. The maximum Gasteiger partial charge on any atom is 0.312 e. The fourth-order valence-electron chi connectivity index (χ4n) is 2.31. The van der Waals surface area contributed by atoms with Gasteiger partial charge in [0.25, 0.3) is 0 Å². The van der Waals surface area contributed by atoms with Crippen LogP contribution < -0.4 is 10.5 Å². The van der Waals surface area contributed by atoms with Crippen LogP contribution in [0.4, 0.5) is 5.69 Å². The van der Waals surface area contributed by atoms with Crippen LogP contribution in [0.15, 0.2) is 23.1 Å². The first-order valence-corrected chi connectivity index (χ1v) is 7.88. The summed E-state index contributed by atoms with van der Waals surface area (Å²) in [7, 11) is -2.49. The molecule has 21 heavy (non-hydrogen) atoms. The van der Waals surface area contributed by atoms with Gasteiger partial charge in [-0.15, -0.1) is 0 Å². The van der Waals surface area contributed by atoms with Crippen LogP contribution >= 0.6 is 0 Å². The maximum absolute atomic E-state index is 12.5. The number of rotatable bonds is 4. The van der Waals surface area contributed by atoms with E-state index in [1.807, 2.05) is 0 Å². The molecule has 1 aliphatic heterocycles. The number of nitro groups is 1. The Balaban J connectivity index is 2.40. The number of nitrogens with zero attached hydrogens (tertiary/aromatic N) is 2. The van der Waals surface area contributed by atoms with Gasteiger partial charge in [-0.2, -0.15) is 4.31 Å². The molecule has 1 aromatic rings. The monoisotopic (exact) mass is 315 g/mol. The highest BCUT2D eigenvalue weighted by atomic mass is 32.2. The summed E-state index contributed by atoms with van der Waals surface area (Å²) >= 11 is 0. The van der Waals surface area contributed by atoms with Gasteiger partial charge in [0, 0.05) is 25.2 Å². The molecule has 0 amide bonds. The van der Waals surface area contributed by atoms with Crippen molar-refractivity contribution in [3.05, 3.63) is 28.3 Å². The van der Waals surface area contributed by atoms with Crippen LogP contribution in [0.1, 0.15) is 12.8 Å². The Bertz CT molecular complexity index is 646. The molecular weight excluding hydrogens is 298 g/mol. The summed E-state index contributed by atoms with van der Waals surface area (Å²) in [4.78, 5) is 10.2. The van der Waals surface area contributed by atoms with Gasteiger partial charge in [0.15, 0.2) is 5.75 Å². The fraction of sp³-hybridized carbons (Fsp3) is 0.500. The van der Waals surface area contributed by atoms with Crippen molar-refractivity contribution in [2.24, 2.45) is 5.73 Å². The summed E-state index contributed by atoms with van der Waals surface area (Å²) in [5, 5.41) is 11.0. The Morgan fingerprint density at radius 1 is 1.48 bits per heavy atom. The lowest BCUT2D eigenvalue weighted by Gasteiger charge is -2.29. The van der Waals surface area contributed by atoms with Crippen LogP contribution in [0.25, 0.3) is 0 Å². The molecule has 1 saturated heterocycles. The third-order valence-electron chi connectivity index (χ3n) is 3.41. The van der Waals surface area contributed by atoms with Gasteiger partial charge in [-0.3, -0.25) is 10.1 Å². The molecule has 1 heterocycles. The first-order valence-electron chi connectivity index (χ1n) is 6.44. The highest BCUT2D eigenvalue weighted by molar-refractivity contribution is 7.89. The molecule has 0 aromatic heterocycles. The van der Waals surface area contributed by atoms with E-state index in [0.29, 0.717) is 13.0 Å². The van der Waals surface area contributed by atoms with E-state index in [9.17, 15) is 18.5 Å². The quantitative estimate of drug-likeness (QED) is 0.646. The zero-order valence-corrected chi connectivity index (χ0v) is 12.4. The number of methoxy groups -OCH3 is 1. The first-order chi connectivity index (χ1) is 9.86. The second-order valence-corrected chi connectivity index (χ2v) is 6.79. The minimum Gasteiger partial charge on any atom is -0.490 e. The maximum atomic E-state index is 12.5. The van der Waals surface area contributed by atoms with E-state index in [1.165, 1.54) is 23.5 Å². The average Bonchev–Trinajstić information content (AvgIpc) is 2.46. The number of nitro benzene ring substituents is 1. The van der Waals surface area contributed by atoms with Gasteiger partial charge in [-0.05, 0) is 25.0 Å². The zero-order valence-electron chi connectivity index (χ0n) is 11.6. The van der Waals surface area contributed by atoms with Gasteiger partial charge < -0.3 is 10.5 Å². The molecule has 1 unspecified atom stereocenters. The molecule has 116 valence electrons. The molecule has 1 atom stereocenters. The van der Waals surface area contributed by atoms with Gasteiger partial charge in [0.05, 0.1) is 16.9 Å². The summed E-state index contributed by atoms with van der Waals surface area (Å²) < 4.78 is 31.2. The fourth-order valence-corrected chi connectivity index (χ4v) is 3.87. The molecule has 0 radical (unpaired) electrons. The van der Waals surface area contributed by atoms with Gasteiger partial charge in [0.1, 0.15) is 0 Å². The highest BCUT2D eigenvalue weighted by Gasteiger charge is 2.30. The van der Waals surface area contributed by atoms with Gasteiger partial charge in [0.2, 0.25) is 10.0 Å². The van der Waals surface area contributed by atoms with E-state index in [2.05, 4.69) is 0 Å². The van der Waals surface area contributed by atoms with Crippen molar-refractivity contribution in [3.8, 4) is 5.75 Å². The number of piperidine rings is 1. The number of hydrogen-bond donors (Lipinski definition) is 1. The van der Waals surface area contributed by atoms with E-state index >= 15 is 0 Å². The zero-order chi connectivity index (χ0) is 15.6. The molecule has 1 aliphatic rings. The largest absolute Gasteiger partial charge is 0.490 e. The number of benzene rings is 1. The third kappa shape index (κ3) is 3.14. The van der Waals surface area contributed by atoms with Crippen LogP contribution in [-0.2, 0) is 10.0 Å². The molecule has 0 aliphatic carbocycles. The Hall–Kier alpha value is -1.71. The Morgan fingerprint density at radius 3 is 2.76 bits per heavy atom. The molecular formula is C12H17N3O5S. The molecule has 9 heteroatoms. The van der Waals surface area contributed by atoms with E-state index < -0.39 is 14.9 Å². The normalized spacial score (nSPS) is 20.2. The summed E-state index contributed by atoms with van der Waals surface area (Å²) in [6.45, 7) is 0.595. The summed E-state index contributed by atoms with van der Waals surface area (Å²) in [5.74, 6) is 0.0225. The number of nitrogens with two attached hydrogens (primary N) is 1. The van der Waals surface area contributed by atoms with E-state index in [0.717, 1.165) is 12.5 Å². The number of sulfonamides is 1. The minimum atomic E-state index is -3.78. The molecule has 1 fully saturated rings. The van der Waals surface area contributed by atoms with Crippen molar-refractivity contribution in [2.45, 2.75) is 23.8 Å². The SMILES string of the molecule is COc1ccc(S(=O)(=O)N2CCCC(N)C2)cc1[N+](=O)[O-]. The lowest BCUT2D eigenvalue weighted by molar-refractivity contribution is -0.386. The molecule has 0 spiro atoms. The molecule has 2 rings (SSSR count). The summed E-state index contributed by atoms with van der Waals surface area (Å²) in [6.07, 6.45) is 1.45. The first kappa shape index (κ1) is 15.7. The lowest BCUT2D eigenvalue weighted by atomic mass is 10.1. The Morgan fingerprint density at radius 2 is 2.19 bits per heavy atom. The summed E-state index contributed by atoms with van der Waals surface area (Å²) in [6, 6.07) is 3.41. The van der Waals surface area contributed by atoms with Crippen LogP contribution in [0.3, 0.4) is 0 Å².